The molecule has 8 heavy (non-hydrogen) atoms. The van der Waals surface area contributed by atoms with Gasteiger partial charge in [-0.3, -0.25) is 0 Å². The van der Waals surface area contributed by atoms with Gasteiger partial charge in [-0.15, -0.1) is 11.3 Å². The smallest absolute Gasteiger partial charge is 0.0596 e. The zero-order valence-electron chi connectivity index (χ0n) is 4.03. The summed E-state index contributed by atoms with van der Waals surface area (Å²) in [6, 6.07) is 1.96. The Balaban J connectivity index is 0. The van der Waals surface area contributed by atoms with Gasteiger partial charge in [0.25, 0.3) is 0 Å². The minimum atomic E-state index is 0. The maximum Gasteiger partial charge on any atom is 0.0596 e. The fourth-order valence-corrected chi connectivity index (χ4v) is 1.26. The van der Waals surface area contributed by atoms with Gasteiger partial charge < -0.3 is 12.4 Å². The zero-order chi connectivity index (χ0) is 4.41. The first-order chi connectivity index (χ1) is 2.89. The Hall–Kier alpha value is 1.09. The Morgan fingerprint density at radius 3 is 2.38 bits per heavy atom. The van der Waals surface area contributed by atoms with E-state index in [-0.39, 0.29) is 31.9 Å². The molecule has 1 aromatic rings. The van der Waals surface area contributed by atoms with Crippen LogP contribution in [0.2, 0.25) is 0 Å². The van der Waals surface area contributed by atoms with E-state index >= 15 is 0 Å². The normalized spacial score (nSPS) is 6.62. The average molecular weight is 263 g/mol. The second-order valence-electron chi connectivity index (χ2n) is 0.871. The summed E-state index contributed by atoms with van der Waals surface area (Å²) in [5, 5.41) is 4.93. The van der Waals surface area contributed by atoms with Crippen LogP contribution < -0.4 is 12.4 Å². The molecular formula is C4H2BrClSZn-. The number of thiophene rings is 1. The third kappa shape index (κ3) is 4.02. The second-order valence-corrected chi connectivity index (χ2v) is 2.44. The first-order valence-corrected chi connectivity index (χ1v) is 3.17. The van der Waals surface area contributed by atoms with Crippen LogP contribution in [0.15, 0.2) is 15.9 Å². The molecule has 0 aliphatic carbocycles. The van der Waals surface area contributed by atoms with E-state index in [0.29, 0.717) is 0 Å². The number of hydrogen-bond acceptors (Lipinski definition) is 1. The van der Waals surface area contributed by atoms with E-state index in [4.69, 9.17) is 0 Å². The van der Waals surface area contributed by atoms with Crippen molar-refractivity contribution >= 4 is 27.3 Å². The fourth-order valence-electron chi connectivity index (χ4n) is 0.218. The molecule has 1 radical (unpaired) electrons. The van der Waals surface area contributed by atoms with Crippen LogP contribution in [0, 0.1) is 5.38 Å². The van der Waals surface area contributed by atoms with Gasteiger partial charge in [0.05, 0.1) is 5.38 Å². The third-order valence-corrected chi connectivity index (χ3v) is 1.77. The van der Waals surface area contributed by atoms with Crippen molar-refractivity contribution in [1.29, 1.82) is 0 Å². The molecule has 0 unspecified atom stereocenters. The fraction of sp³-hybridized carbons (Fsp3) is 0. The topological polar surface area (TPSA) is 0 Å². The minimum Gasteiger partial charge on any atom is -1.00 e. The molecule has 0 spiro atoms. The molecule has 1 rings (SSSR count). The van der Waals surface area contributed by atoms with Gasteiger partial charge in [-0.25, -0.2) is 0 Å². The summed E-state index contributed by atoms with van der Waals surface area (Å²) in [5.74, 6) is 0. The average Bonchev–Trinajstić information content (AvgIpc) is 1.86. The Morgan fingerprint density at radius 1 is 1.62 bits per heavy atom. The molecule has 1 heterocycles. The summed E-state index contributed by atoms with van der Waals surface area (Å²) in [6.45, 7) is 0. The van der Waals surface area contributed by atoms with Crippen LogP contribution in [0.4, 0.5) is 0 Å². The van der Waals surface area contributed by atoms with Gasteiger partial charge in [-0.2, -0.15) is 0 Å². The van der Waals surface area contributed by atoms with E-state index in [1.807, 2.05) is 11.4 Å². The molecule has 0 N–H and O–H groups in total. The first kappa shape index (κ1) is 11.8. The van der Waals surface area contributed by atoms with Gasteiger partial charge in [0, 0.05) is 24.0 Å². The maximum atomic E-state index is 3.24. The first-order valence-electron chi connectivity index (χ1n) is 1.50. The predicted octanol–water partition coefficient (Wildman–Crippen LogP) is -0.688. The predicted molar refractivity (Wildman–Crippen MR) is 30.9 cm³/mol. The molecule has 0 nitrogen and oxygen atoms in total. The van der Waals surface area contributed by atoms with E-state index in [9.17, 15) is 0 Å². The van der Waals surface area contributed by atoms with Gasteiger partial charge in [-0.05, 0) is 27.4 Å². The Bertz CT molecular complexity index is 120. The monoisotopic (exact) mass is 260 g/mol. The van der Waals surface area contributed by atoms with Crippen molar-refractivity contribution in [2.45, 2.75) is 0 Å². The standard InChI is InChI=1S/C4H2BrS.ClH.Zn/c5-4-1-2-6-3-4;;/h1-2H;1H;/p-1. The van der Waals surface area contributed by atoms with E-state index < -0.39 is 0 Å². The summed E-state index contributed by atoms with van der Waals surface area (Å²) in [6.07, 6.45) is 0. The number of rotatable bonds is 0. The number of hydrogen-bond donors (Lipinski definition) is 0. The summed E-state index contributed by atoms with van der Waals surface area (Å²) >= 11 is 4.80. The van der Waals surface area contributed by atoms with Gasteiger partial charge in [0.2, 0.25) is 0 Å². The molecular weight excluding hydrogens is 261 g/mol. The molecule has 41 valence electrons. The van der Waals surface area contributed by atoms with E-state index in [1.165, 1.54) is 0 Å². The molecule has 1 aromatic heterocycles. The van der Waals surface area contributed by atoms with Crippen molar-refractivity contribution in [1.82, 2.24) is 0 Å². The van der Waals surface area contributed by atoms with Crippen LogP contribution >= 0.6 is 27.3 Å². The number of halogens is 2. The summed E-state index contributed by atoms with van der Waals surface area (Å²) in [7, 11) is 0. The Kier molecular flexibility index (Phi) is 9.20. The van der Waals surface area contributed by atoms with Gasteiger partial charge in [0.15, 0.2) is 0 Å². The van der Waals surface area contributed by atoms with Crippen molar-refractivity contribution in [3.8, 4) is 0 Å². The maximum absolute atomic E-state index is 3.24. The van der Waals surface area contributed by atoms with Crippen LogP contribution in [0.5, 0.6) is 0 Å². The molecule has 0 saturated carbocycles. The quantitative estimate of drug-likeness (QED) is 0.544. The van der Waals surface area contributed by atoms with Crippen LogP contribution in [-0.4, -0.2) is 0 Å². The molecule has 0 atom stereocenters. The minimum absolute atomic E-state index is 0. The molecule has 0 aliphatic heterocycles. The molecule has 0 aromatic carbocycles. The Labute approximate surface area is 80.0 Å². The van der Waals surface area contributed by atoms with E-state index in [0.717, 1.165) is 4.47 Å². The zero-order valence-corrected chi connectivity index (χ0v) is 10.2. The largest absolute Gasteiger partial charge is 1.00 e. The van der Waals surface area contributed by atoms with Crippen LogP contribution in [0.3, 0.4) is 0 Å². The van der Waals surface area contributed by atoms with Gasteiger partial charge >= 0.3 is 0 Å². The Morgan fingerprint density at radius 2 is 2.25 bits per heavy atom. The van der Waals surface area contributed by atoms with Crippen LogP contribution in [-0.2, 0) is 19.5 Å². The van der Waals surface area contributed by atoms with Crippen molar-refractivity contribution in [3.05, 3.63) is 21.3 Å². The van der Waals surface area contributed by atoms with Crippen molar-refractivity contribution in [2.75, 3.05) is 0 Å². The summed E-state index contributed by atoms with van der Waals surface area (Å²) < 4.78 is 1.05. The summed E-state index contributed by atoms with van der Waals surface area (Å²) in [4.78, 5) is 0. The molecule has 0 fully saturated rings. The van der Waals surface area contributed by atoms with E-state index in [1.54, 1.807) is 11.3 Å². The van der Waals surface area contributed by atoms with Crippen LogP contribution in [0.25, 0.3) is 0 Å². The summed E-state index contributed by atoms with van der Waals surface area (Å²) in [5.41, 5.74) is 0. The van der Waals surface area contributed by atoms with Gasteiger partial charge in [0.1, 0.15) is 0 Å². The molecule has 0 aliphatic rings. The van der Waals surface area contributed by atoms with Crippen LogP contribution in [0.1, 0.15) is 0 Å². The second kappa shape index (κ2) is 6.22. The van der Waals surface area contributed by atoms with Crippen molar-refractivity contribution in [3.63, 3.8) is 0 Å². The molecule has 0 bridgehead atoms. The van der Waals surface area contributed by atoms with Crippen molar-refractivity contribution in [2.24, 2.45) is 0 Å². The molecule has 0 amide bonds. The van der Waals surface area contributed by atoms with Crippen molar-refractivity contribution < 1.29 is 31.9 Å². The SMILES string of the molecule is Brc1[c]scc1.[Cl-].[Zn]. The third-order valence-electron chi connectivity index (χ3n) is 0.439. The molecule has 0 saturated heterocycles. The molecule has 4 heteroatoms. The van der Waals surface area contributed by atoms with Gasteiger partial charge in [-0.1, -0.05) is 0 Å². The van der Waals surface area contributed by atoms with E-state index in [2.05, 4.69) is 21.3 Å².